The van der Waals surface area contributed by atoms with Gasteiger partial charge in [0.2, 0.25) is 0 Å². The molecular weight excluding hydrogens is 148 g/mol. The van der Waals surface area contributed by atoms with E-state index in [0.717, 1.165) is 6.67 Å². The van der Waals surface area contributed by atoms with Gasteiger partial charge in [0.15, 0.2) is 0 Å². The number of nitrogens with one attached hydrogen (secondary N) is 3. The quantitative estimate of drug-likeness (QED) is 0.332. The summed E-state index contributed by atoms with van der Waals surface area (Å²) in [5.74, 6) is 0. The second kappa shape index (κ2) is 2.41. The van der Waals surface area contributed by atoms with Crippen molar-refractivity contribution in [3.63, 3.8) is 0 Å². The van der Waals surface area contributed by atoms with Crippen LogP contribution in [0.1, 0.15) is 0 Å². The topological polar surface area (TPSA) is 48.5 Å². The molecule has 2 aliphatic rings. The Bertz CT molecular complexity index is 160. The lowest BCUT2D eigenvalue weighted by molar-refractivity contribution is 0.460. The van der Waals surface area contributed by atoms with E-state index < -0.39 is 0 Å². The summed E-state index contributed by atoms with van der Waals surface area (Å²) in [6, 6.07) is 0.327. The number of fused-ring (bicyclic) bond motifs is 1. The van der Waals surface area contributed by atoms with Crippen molar-refractivity contribution < 1.29 is 0 Å². The fraction of sp³-hybridized carbons (Fsp3) is 0.800. The second-order valence-corrected chi connectivity index (χ2v) is 2.98. The first-order chi connectivity index (χ1) is 4.88. The highest BCUT2D eigenvalue weighted by atomic mass is 32.1. The average molecular weight is 158 g/mol. The number of aliphatic imine (C=N–C) groups is 1. The Morgan fingerprint density at radius 3 is 3.20 bits per heavy atom. The van der Waals surface area contributed by atoms with E-state index >= 15 is 0 Å². The molecule has 0 aromatic carbocycles. The van der Waals surface area contributed by atoms with Gasteiger partial charge in [-0.15, -0.1) is 0 Å². The summed E-state index contributed by atoms with van der Waals surface area (Å²) in [4.78, 5) is 4.10. The highest BCUT2D eigenvalue weighted by Crippen LogP contribution is 2.11. The average Bonchev–Trinajstić information content (AvgIpc) is 2.36. The SMILES string of the molecule is SC1N=CNC2NCNC12. The smallest absolute Gasteiger partial charge is 0.113 e. The van der Waals surface area contributed by atoms with Crippen LogP contribution in [0.4, 0.5) is 0 Å². The highest BCUT2D eigenvalue weighted by molar-refractivity contribution is 7.81. The lowest BCUT2D eigenvalue weighted by Gasteiger charge is -2.25. The first kappa shape index (κ1) is 6.45. The van der Waals surface area contributed by atoms with Crippen molar-refractivity contribution in [1.82, 2.24) is 16.0 Å². The molecule has 0 aromatic heterocycles. The summed E-state index contributed by atoms with van der Waals surface area (Å²) in [5, 5.41) is 9.65. The van der Waals surface area contributed by atoms with Gasteiger partial charge in [-0.1, -0.05) is 0 Å². The predicted molar refractivity (Wildman–Crippen MR) is 43.1 cm³/mol. The van der Waals surface area contributed by atoms with Crippen molar-refractivity contribution in [3.05, 3.63) is 0 Å². The van der Waals surface area contributed by atoms with E-state index in [-0.39, 0.29) is 5.37 Å². The first-order valence-corrected chi connectivity index (χ1v) is 3.82. The van der Waals surface area contributed by atoms with Gasteiger partial charge in [0.05, 0.1) is 18.5 Å². The normalized spacial score (nSPS) is 44.7. The minimum Gasteiger partial charge on any atom is -0.360 e. The van der Waals surface area contributed by atoms with Crippen LogP contribution in [-0.2, 0) is 0 Å². The molecule has 1 saturated heterocycles. The molecule has 0 spiro atoms. The minimum atomic E-state index is 0.0845. The van der Waals surface area contributed by atoms with E-state index in [0.29, 0.717) is 12.2 Å². The molecule has 2 heterocycles. The van der Waals surface area contributed by atoms with Crippen LogP contribution in [0.25, 0.3) is 0 Å². The fourth-order valence-corrected chi connectivity index (χ4v) is 1.61. The molecule has 2 aliphatic heterocycles. The van der Waals surface area contributed by atoms with Crippen LogP contribution in [0.2, 0.25) is 0 Å². The molecule has 3 atom stereocenters. The van der Waals surface area contributed by atoms with Gasteiger partial charge in [0.1, 0.15) is 5.37 Å². The maximum atomic E-state index is 4.30. The largest absolute Gasteiger partial charge is 0.360 e. The summed E-state index contributed by atoms with van der Waals surface area (Å²) < 4.78 is 0. The summed E-state index contributed by atoms with van der Waals surface area (Å²) in [7, 11) is 0. The van der Waals surface area contributed by atoms with Crippen LogP contribution in [-0.4, -0.2) is 30.6 Å². The van der Waals surface area contributed by atoms with E-state index in [1.165, 1.54) is 0 Å². The van der Waals surface area contributed by atoms with Gasteiger partial charge in [0.25, 0.3) is 0 Å². The Hall–Kier alpha value is -0.260. The number of thiol groups is 1. The molecule has 0 aliphatic carbocycles. The third-order valence-electron chi connectivity index (χ3n) is 1.82. The Morgan fingerprint density at radius 1 is 1.50 bits per heavy atom. The van der Waals surface area contributed by atoms with E-state index in [4.69, 9.17) is 0 Å². The molecule has 56 valence electrons. The van der Waals surface area contributed by atoms with E-state index in [1.807, 2.05) is 0 Å². The number of nitrogens with zero attached hydrogens (tertiary/aromatic N) is 1. The fourth-order valence-electron chi connectivity index (χ4n) is 1.26. The molecule has 0 amide bonds. The van der Waals surface area contributed by atoms with E-state index in [9.17, 15) is 0 Å². The van der Waals surface area contributed by atoms with Gasteiger partial charge in [-0.25, -0.2) is 0 Å². The minimum absolute atomic E-state index is 0.0845. The Kier molecular flexibility index (Phi) is 1.55. The first-order valence-electron chi connectivity index (χ1n) is 3.30. The molecule has 10 heavy (non-hydrogen) atoms. The zero-order chi connectivity index (χ0) is 6.97. The number of hydrogen-bond acceptors (Lipinski definition) is 5. The standard InChI is InChI=1S/C5H10N4S/c10-5-3-4(7-1-6-3)8-2-9-5/h2-7,10H,1H2,(H,8,9). The van der Waals surface area contributed by atoms with Crippen molar-refractivity contribution in [2.24, 2.45) is 4.99 Å². The third kappa shape index (κ3) is 0.902. The van der Waals surface area contributed by atoms with Crippen LogP contribution < -0.4 is 16.0 Å². The second-order valence-electron chi connectivity index (χ2n) is 2.45. The van der Waals surface area contributed by atoms with Crippen LogP contribution in [0.5, 0.6) is 0 Å². The molecule has 3 N–H and O–H groups in total. The third-order valence-corrected chi connectivity index (χ3v) is 2.28. The molecular formula is C5H10N4S. The molecule has 3 unspecified atom stereocenters. The van der Waals surface area contributed by atoms with Crippen LogP contribution in [0.3, 0.4) is 0 Å². The van der Waals surface area contributed by atoms with Crippen molar-refractivity contribution in [2.75, 3.05) is 6.67 Å². The van der Waals surface area contributed by atoms with Gasteiger partial charge in [-0.3, -0.25) is 15.6 Å². The summed E-state index contributed by atoms with van der Waals surface area (Å²) in [6.07, 6.45) is 2.01. The zero-order valence-corrected chi connectivity index (χ0v) is 6.31. The molecule has 5 heteroatoms. The molecule has 1 fully saturated rings. The molecule has 4 nitrogen and oxygen atoms in total. The van der Waals surface area contributed by atoms with Crippen molar-refractivity contribution in [1.29, 1.82) is 0 Å². The van der Waals surface area contributed by atoms with Gasteiger partial charge < -0.3 is 5.32 Å². The van der Waals surface area contributed by atoms with Crippen LogP contribution >= 0.6 is 12.6 Å². The number of hydrogen-bond donors (Lipinski definition) is 4. The monoisotopic (exact) mass is 158 g/mol. The molecule has 0 bridgehead atoms. The van der Waals surface area contributed by atoms with E-state index in [2.05, 4.69) is 33.6 Å². The number of rotatable bonds is 0. The molecule has 0 radical (unpaired) electrons. The Labute approximate surface area is 64.9 Å². The summed E-state index contributed by atoms with van der Waals surface area (Å²) >= 11 is 4.30. The van der Waals surface area contributed by atoms with Gasteiger partial charge in [-0.05, 0) is 0 Å². The lowest BCUT2D eigenvalue weighted by atomic mass is 10.2. The van der Waals surface area contributed by atoms with Gasteiger partial charge in [-0.2, -0.15) is 12.6 Å². The van der Waals surface area contributed by atoms with Crippen molar-refractivity contribution in [2.45, 2.75) is 17.6 Å². The Balaban J connectivity index is 2.13. The zero-order valence-electron chi connectivity index (χ0n) is 5.41. The maximum Gasteiger partial charge on any atom is 0.113 e. The molecule has 0 aromatic rings. The summed E-state index contributed by atoms with van der Waals surface area (Å²) in [5.41, 5.74) is 0. The highest BCUT2D eigenvalue weighted by Gasteiger charge is 2.32. The van der Waals surface area contributed by atoms with Crippen molar-refractivity contribution in [3.8, 4) is 0 Å². The maximum absolute atomic E-state index is 4.30. The van der Waals surface area contributed by atoms with Crippen LogP contribution in [0, 0.1) is 0 Å². The van der Waals surface area contributed by atoms with Gasteiger partial charge in [0, 0.05) is 6.67 Å². The van der Waals surface area contributed by atoms with Gasteiger partial charge >= 0.3 is 0 Å². The molecule has 2 rings (SSSR count). The van der Waals surface area contributed by atoms with Crippen molar-refractivity contribution >= 4 is 19.0 Å². The predicted octanol–water partition coefficient (Wildman–Crippen LogP) is -1.28. The summed E-state index contributed by atoms with van der Waals surface area (Å²) in [6.45, 7) is 0.836. The Morgan fingerprint density at radius 2 is 2.40 bits per heavy atom. The van der Waals surface area contributed by atoms with Crippen LogP contribution in [0.15, 0.2) is 4.99 Å². The van der Waals surface area contributed by atoms with E-state index in [1.54, 1.807) is 6.34 Å². The lowest BCUT2D eigenvalue weighted by Crippen LogP contribution is -2.52. The molecule has 0 saturated carbocycles.